The van der Waals surface area contributed by atoms with E-state index >= 15 is 0 Å². The smallest absolute Gasteiger partial charge is 0.312 e. The van der Waals surface area contributed by atoms with Crippen LogP contribution in [0, 0.1) is 0 Å². The van der Waals surface area contributed by atoms with Crippen molar-refractivity contribution < 1.29 is 9.53 Å². The van der Waals surface area contributed by atoms with E-state index in [1.54, 1.807) is 6.08 Å². The van der Waals surface area contributed by atoms with Gasteiger partial charge in [-0.3, -0.25) is 4.79 Å². The van der Waals surface area contributed by atoms with Crippen molar-refractivity contribution in [2.24, 2.45) is 0 Å². The first-order chi connectivity index (χ1) is 9.70. The van der Waals surface area contributed by atoms with Crippen LogP contribution in [0.1, 0.15) is 12.6 Å². The molecule has 0 atom stereocenters. The van der Waals surface area contributed by atoms with Gasteiger partial charge in [0.2, 0.25) is 0 Å². The molecule has 2 rings (SSSR count). The van der Waals surface area contributed by atoms with Crippen LogP contribution in [0.3, 0.4) is 0 Å². The number of ether oxygens (including phenoxy) is 1. The second-order valence-corrected chi connectivity index (χ2v) is 5.32. The van der Waals surface area contributed by atoms with Crippen LogP contribution in [0.4, 0.5) is 0 Å². The van der Waals surface area contributed by atoms with Gasteiger partial charge in [-0.1, -0.05) is 42.0 Å². The zero-order chi connectivity index (χ0) is 14.4. The lowest BCUT2D eigenvalue weighted by Gasteiger charge is -2.00. The monoisotopic (exact) mass is 307 g/mol. The fourth-order valence-corrected chi connectivity index (χ4v) is 2.72. The van der Waals surface area contributed by atoms with Gasteiger partial charge >= 0.3 is 5.97 Å². The van der Waals surface area contributed by atoms with Crippen LogP contribution in [0.25, 0.3) is 10.6 Å². The van der Waals surface area contributed by atoms with Crippen LogP contribution in [-0.4, -0.2) is 17.6 Å². The Morgan fingerprint density at radius 1 is 1.45 bits per heavy atom. The molecule has 0 spiro atoms. The standard InChI is InChI=1S/C15H14ClNO2S/c1-2-3-8-19-14(18)9-11-10-20-15(17-11)12-6-4-5-7-13(12)16/h2-7,10H,8-9H2,1H3/b3-2+. The highest BCUT2D eigenvalue weighted by molar-refractivity contribution is 7.13. The van der Waals surface area contributed by atoms with Crippen molar-refractivity contribution in [3.05, 3.63) is 52.5 Å². The summed E-state index contributed by atoms with van der Waals surface area (Å²) in [4.78, 5) is 16.0. The van der Waals surface area contributed by atoms with E-state index in [9.17, 15) is 4.79 Å². The molecule has 1 heterocycles. The van der Waals surface area contributed by atoms with E-state index in [0.717, 1.165) is 10.6 Å². The number of carbonyl (C=O) groups is 1. The molecular weight excluding hydrogens is 294 g/mol. The molecule has 2 aromatic rings. The molecule has 0 aliphatic rings. The van der Waals surface area contributed by atoms with Crippen LogP contribution in [0.5, 0.6) is 0 Å². The summed E-state index contributed by atoms with van der Waals surface area (Å²) in [5, 5.41) is 3.33. The Balaban J connectivity index is 2.03. The number of allylic oxidation sites excluding steroid dienone is 1. The highest BCUT2D eigenvalue weighted by Gasteiger charge is 2.11. The molecule has 0 amide bonds. The zero-order valence-electron chi connectivity index (χ0n) is 11.0. The maximum absolute atomic E-state index is 11.6. The number of benzene rings is 1. The second kappa shape index (κ2) is 7.22. The zero-order valence-corrected chi connectivity index (χ0v) is 12.6. The predicted octanol–water partition coefficient (Wildman–Crippen LogP) is 4.13. The third kappa shape index (κ3) is 3.92. The first kappa shape index (κ1) is 14.8. The third-order valence-electron chi connectivity index (χ3n) is 2.56. The highest BCUT2D eigenvalue weighted by Crippen LogP contribution is 2.30. The van der Waals surface area contributed by atoms with E-state index in [4.69, 9.17) is 16.3 Å². The topological polar surface area (TPSA) is 39.2 Å². The highest BCUT2D eigenvalue weighted by atomic mass is 35.5. The summed E-state index contributed by atoms with van der Waals surface area (Å²) >= 11 is 7.60. The molecule has 0 unspecified atom stereocenters. The maximum atomic E-state index is 11.6. The van der Waals surface area contributed by atoms with Crippen molar-refractivity contribution in [2.75, 3.05) is 6.61 Å². The molecule has 5 heteroatoms. The molecule has 20 heavy (non-hydrogen) atoms. The minimum absolute atomic E-state index is 0.179. The van der Waals surface area contributed by atoms with Gasteiger partial charge < -0.3 is 4.74 Å². The molecule has 0 aliphatic carbocycles. The van der Waals surface area contributed by atoms with Crippen LogP contribution >= 0.6 is 22.9 Å². The minimum atomic E-state index is -0.279. The van der Waals surface area contributed by atoms with Crippen LogP contribution < -0.4 is 0 Å². The van der Waals surface area contributed by atoms with Gasteiger partial charge in [0.15, 0.2) is 0 Å². The molecule has 1 aromatic heterocycles. The Morgan fingerprint density at radius 2 is 2.25 bits per heavy atom. The van der Waals surface area contributed by atoms with Crippen molar-refractivity contribution in [1.29, 1.82) is 0 Å². The number of thiazole rings is 1. The Kier molecular flexibility index (Phi) is 5.32. The fraction of sp³-hybridized carbons (Fsp3) is 0.200. The molecule has 0 aliphatic heterocycles. The van der Waals surface area contributed by atoms with E-state index < -0.39 is 0 Å². The van der Waals surface area contributed by atoms with E-state index in [2.05, 4.69) is 4.98 Å². The number of nitrogens with zero attached hydrogens (tertiary/aromatic N) is 1. The molecule has 0 bridgehead atoms. The summed E-state index contributed by atoms with van der Waals surface area (Å²) < 4.78 is 5.04. The number of halogens is 1. The van der Waals surface area contributed by atoms with Gasteiger partial charge in [-0.05, 0) is 13.0 Å². The van der Waals surface area contributed by atoms with Crippen molar-refractivity contribution in [3.63, 3.8) is 0 Å². The minimum Gasteiger partial charge on any atom is -0.461 e. The average molecular weight is 308 g/mol. The third-order valence-corrected chi connectivity index (χ3v) is 3.81. The fourth-order valence-electron chi connectivity index (χ4n) is 1.58. The van der Waals surface area contributed by atoms with Crippen molar-refractivity contribution in [3.8, 4) is 10.6 Å². The lowest BCUT2D eigenvalue weighted by Crippen LogP contribution is -2.08. The van der Waals surface area contributed by atoms with Crippen LogP contribution in [-0.2, 0) is 16.0 Å². The maximum Gasteiger partial charge on any atom is 0.312 e. The molecule has 0 N–H and O–H groups in total. The molecular formula is C15H14ClNO2S. The first-order valence-corrected chi connectivity index (χ1v) is 7.42. The van der Waals surface area contributed by atoms with Gasteiger partial charge in [0, 0.05) is 10.9 Å². The Bertz CT molecular complexity index is 622. The van der Waals surface area contributed by atoms with E-state index in [1.807, 2.05) is 42.6 Å². The largest absolute Gasteiger partial charge is 0.461 e. The van der Waals surface area contributed by atoms with E-state index in [0.29, 0.717) is 17.3 Å². The molecule has 0 saturated carbocycles. The van der Waals surface area contributed by atoms with Crippen molar-refractivity contribution >= 4 is 28.9 Å². The SMILES string of the molecule is C/C=C/COC(=O)Cc1csc(-c2ccccc2Cl)n1. The molecule has 1 aromatic carbocycles. The van der Waals surface area contributed by atoms with E-state index in [1.165, 1.54) is 11.3 Å². The summed E-state index contributed by atoms with van der Waals surface area (Å²) in [6, 6.07) is 7.52. The predicted molar refractivity (Wildman–Crippen MR) is 82.0 cm³/mol. The van der Waals surface area contributed by atoms with Crippen LogP contribution in [0.15, 0.2) is 41.8 Å². The van der Waals surface area contributed by atoms with Gasteiger partial charge in [-0.25, -0.2) is 4.98 Å². The number of hydrogen-bond donors (Lipinski definition) is 0. The van der Waals surface area contributed by atoms with E-state index in [-0.39, 0.29) is 12.4 Å². The average Bonchev–Trinajstić information content (AvgIpc) is 2.88. The quantitative estimate of drug-likeness (QED) is 0.616. The normalized spacial score (nSPS) is 10.9. The number of aromatic nitrogens is 1. The summed E-state index contributed by atoms with van der Waals surface area (Å²) in [6.45, 7) is 2.18. The number of carbonyl (C=O) groups excluding carboxylic acids is 1. The summed E-state index contributed by atoms with van der Waals surface area (Å²) in [6.07, 6.45) is 3.80. The summed E-state index contributed by atoms with van der Waals surface area (Å²) in [7, 11) is 0. The molecule has 0 radical (unpaired) electrons. The Hall–Kier alpha value is -1.65. The van der Waals surface area contributed by atoms with Gasteiger partial charge in [-0.15, -0.1) is 11.3 Å². The molecule has 0 fully saturated rings. The van der Waals surface area contributed by atoms with Gasteiger partial charge in [0.05, 0.1) is 17.1 Å². The first-order valence-electron chi connectivity index (χ1n) is 6.17. The van der Waals surface area contributed by atoms with Gasteiger partial charge in [0.1, 0.15) is 11.6 Å². The Morgan fingerprint density at radius 3 is 3.00 bits per heavy atom. The van der Waals surface area contributed by atoms with Crippen LogP contribution in [0.2, 0.25) is 5.02 Å². The Labute approximate surface area is 126 Å². The summed E-state index contributed by atoms with van der Waals surface area (Å²) in [5.74, 6) is -0.279. The second-order valence-electron chi connectivity index (χ2n) is 4.05. The van der Waals surface area contributed by atoms with Gasteiger partial charge in [0.25, 0.3) is 0 Å². The summed E-state index contributed by atoms with van der Waals surface area (Å²) in [5.41, 5.74) is 1.59. The lowest BCUT2D eigenvalue weighted by atomic mass is 10.2. The van der Waals surface area contributed by atoms with Crippen molar-refractivity contribution in [2.45, 2.75) is 13.3 Å². The lowest BCUT2D eigenvalue weighted by molar-refractivity contribution is -0.141. The molecule has 0 saturated heterocycles. The van der Waals surface area contributed by atoms with Crippen molar-refractivity contribution in [1.82, 2.24) is 4.98 Å². The number of hydrogen-bond acceptors (Lipinski definition) is 4. The molecule has 3 nitrogen and oxygen atoms in total. The van der Waals surface area contributed by atoms with Gasteiger partial charge in [-0.2, -0.15) is 0 Å². The molecule has 104 valence electrons. The number of esters is 1. The number of rotatable bonds is 5.